The molecule has 8 heteroatoms. The van der Waals surface area contributed by atoms with Crippen molar-refractivity contribution in [2.75, 3.05) is 26.5 Å². The number of nitrogen functional groups attached to an aromatic ring is 1. The van der Waals surface area contributed by atoms with Crippen molar-refractivity contribution >= 4 is 33.9 Å². The van der Waals surface area contributed by atoms with Gasteiger partial charge >= 0.3 is 0 Å². The first-order chi connectivity index (χ1) is 16.6. The Balaban J connectivity index is 1.81. The molecule has 1 amide bonds. The number of nitrogens with one attached hydrogen (secondary N) is 1. The van der Waals surface area contributed by atoms with Gasteiger partial charge in [0.05, 0.1) is 30.9 Å². The van der Waals surface area contributed by atoms with E-state index in [0.717, 1.165) is 12.8 Å². The molecular formula is C26H31N5O3. The maximum absolute atomic E-state index is 13.3. The number of hydrogen-bond acceptors (Lipinski definition) is 6. The van der Waals surface area contributed by atoms with Gasteiger partial charge in [-0.2, -0.15) is 0 Å². The Kier molecular flexibility index (Phi) is 7.15. The molecule has 8 nitrogen and oxygen atoms in total. The Bertz CT molecular complexity index is 1290. The van der Waals surface area contributed by atoms with Gasteiger partial charge in [0.25, 0.3) is 5.91 Å². The van der Waals surface area contributed by atoms with E-state index in [4.69, 9.17) is 25.2 Å². The van der Waals surface area contributed by atoms with Crippen LogP contribution in [0.25, 0.3) is 27.9 Å². The number of aromatic nitrogens is 3. The Morgan fingerprint density at radius 2 is 1.62 bits per heavy atom. The van der Waals surface area contributed by atoms with E-state index in [1.54, 1.807) is 24.9 Å². The topological polar surface area (TPSA) is 104 Å². The maximum atomic E-state index is 13.3. The summed E-state index contributed by atoms with van der Waals surface area (Å²) in [5, 5.41) is 3.02. The van der Waals surface area contributed by atoms with Crippen molar-refractivity contribution in [3.05, 3.63) is 48.0 Å². The van der Waals surface area contributed by atoms with Crippen molar-refractivity contribution in [3.8, 4) is 17.2 Å². The lowest BCUT2D eigenvalue weighted by Crippen LogP contribution is -2.25. The van der Waals surface area contributed by atoms with Crippen LogP contribution in [0, 0.1) is 0 Å². The lowest BCUT2D eigenvalue weighted by atomic mass is 10.1. The standard InChI is InChI=1S/C26H31N5O3/c1-4-5-6-7-10-13-28-26(32)22-23-25(30-21-12-9-8-11-20(21)29-23)31(24(22)27)17-14-18(33-2)16-19(15-17)34-3/h8-9,11-12,14-16H,4-7,10,13,27H2,1-3H3,(H,28,32). The van der Waals surface area contributed by atoms with E-state index in [1.165, 1.54) is 19.3 Å². The number of unbranched alkanes of at least 4 members (excludes halogenated alkanes) is 4. The molecule has 4 rings (SSSR count). The van der Waals surface area contributed by atoms with E-state index >= 15 is 0 Å². The average Bonchev–Trinajstić information content (AvgIpc) is 3.14. The molecule has 178 valence electrons. The molecule has 2 aromatic heterocycles. The summed E-state index contributed by atoms with van der Waals surface area (Å²) in [6.45, 7) is 2.77. The molecule has 0 aliphatic heterocycles. The van der Waals surface area contributed by atoms with E-state index in [2.05, 4.69) is 12.2 Å². The van der Waals surface area contributed by atoms with Gasteiger partial charge in [-0.1, -0.05) is 44.7 Å². The van der Waals surface area contributed by atoms with Gasteiger partial charge in [0.15, 0.2) is 5.65 Å². The van der Waals surface area contributed by atoms with Gasteiger partial charge in [-0.05, 0) is 18.6 Å². The summed E-state index contributed by atoms with van der Waals surface area (Å²) in [6.07, 6.45) is 5.57. The molecule has 0 radical (unpaired) electrons. The van der Waals surface area contributed by atoms with Crippen LogP contribution in [0.1, 0.15) is 49.4 Å². The van der Waals surface area contributed by atoms with Crippen LogP contribution in [-0.4, -0.2) is 41.2 Å². The number of nitrogens with zero attached hydrogens (tertiary/aromatic N) is 3. The number of ether oxygens (including phenoxy) is 2. The van der Waals surface area contributed by atoms with Gasteiger partial charge in [-0.25, -0.2) is 9.97 Å². The van der Waals surface area contributed by atoms with E-state index in [9.17, 15) is 4.79 Å². The number of anilines is 1. The van der Waals surface area contributed by atoms with Crippen molar-refractivity contribution in [1.82, 2.24) is 19.9 Å². The fourth-order valence-corrected chi connectivity index (χ4v) is 4.09. The number of carbonyl (C=O) groups is 1. The number of hydrogen-bond donors (Lipinski definition) is 2. The predicted octanol–water partition coefficient (Wildman–Crippen LogP) is 4.87. The minimum absolute atomic E-state index is 0.254. The van der Waals surface area contributed by atoms with Crippen LogP contribution >= 0.6 is 0 Å². The first-order valence-electron chi connectivity index (χ1n) is 11.7. The zero-order valence-electron chi connectivity index (χ0n) is 19.9. The molecular weight excluding hydrogens is 430 g/mol. The largest absolute Gasteiger partial charge is 0.497 e. The zero-order valence-corrected chi connectivity index (χ0v) is 19.9. The van der Waals surface area contributed by atoms with Crippen LogP contribution in [0.2, 0.25) is 0 Å². The summed E-state index contributed by atoms with van der Waals surface area (Å²) in [5.41, 5.74) is 9.97. The minimum Gasteiger partial charge on any atom is -0.497 e. The molecule has 2 heterocycles. The average molecular weight is 462 g/mol. The highest BCUT2D eigenvalue weighted by Gasteiger charge is 2.25. The smallest absolute Gasteiger partial charge is 0.257 e. The van der Waals surface area contributed by atoms with Crippen LogP contribution in [-0.2, 0) is 0 Å². The third-order valence-electron chi connectivity index (χ3n) is 5.89. The van der Waals surface area contributed by atoms with Crippen LogP contribution in [0.3, 0.4) is 0 Å². The van der Waals surface area contributed by atoms with Crippen LogP contribution in [0.15, 0.2) is 42.5 Å². The molecule has 0 fully saturated rings. The van der Waals surface area contributed by atoms with E-state index in [-0.39, 0.29) is 11.7 Å². The van der Waals surface area contributed by atoms with Gasteiger partial charge in [-0.15, -0.1) is 0 Å². The third-order valence-corrected chi connectivity index (χ3v) is 5.89. The Morgan fingerprint density at radius 3 is 2.26 bits per heavy atom. The molecule has 0 atom stereocenters. The number of rotatable bonds is 10. The van der Waals surface area contributed by atoms with Gasteiger partial charge in [0, 0.05) is 24.7 Å². The van der Waals surface area contributed by atoms with Crippen LogP contribution < -0.4 is 20.5 Å². The van der Waals surface area contributed by atoms with E-state index < -0.39 is 0 Å². The maximum Gasteiger partial charge on any atom is 0.257 e. The number of nitrogens with two attached hydrogens (primary N) is 1. The zero-order chi connectivity index (χ0) is 24.1. The molecule has 3 N–H and O–H groups in total. The number of methoxy groups -OCH3 is 2. The van der Waals surface area contributed by atoms with Gasteiger partial charge < -0.3 is 20.5 Å². The second-order valence-corrected chi connectivity index (χ2v) is 8.22. The number of benzene rings is 2. The molecule has 0 aliphatic carbocycles. The quantitative estimate of drug-likeness (QED) is 0.326. The summed E-state index contributed by atoms with van der Waals surface area (Å²) in [4.78, 5) is 22.9. The van der Waals surface area contributed by atoms with Crippen LogP contribution in [0.5, 0.6) is 11.5 Å². The number of amides is 1. The Hall–Kier alpha value is -3.81. The monoisotopic (exact) mass is 461 g/mol. The van der Waals surface area contributed by atoms with Crippen molar-refractivity contribution in [1.29, 1.82) is 0 Å². The third kappa shape index (κ3) is 4.62. The van der Waals surface area contributed by atoms with Crippen molar-refractivity contribution in [2.24, 2.45) is 0 Å². The highest BCUT2D eigenvalue weighted by Crippen LogP contribution is 2.34. The second kappa shape index (κ2) is 10.4. The van der Waals surface area contributed by atoms with Crippen molar-refractivity contribution in [2.45, 2.75) is 39.0 Å². The summed E-state index contributed by atoms with van der Waals surface area (Å²) in [7, 11) is 3.17. The fourth-order valence-electron chi connectivity index (χ4n) is 4.09. The van der Waals surface area contributed by atoms with E-state index in [0.29, 0.717) is 51.5 Å². The highest BCUT2D eigenvalue weighted by molar-refractivity contribution is 6.11. The lowest BCUT2D eigenvalue weighted by Gasteiger charge is -2.12. The molecule has 0 saturated heterocycles. The number of fused-ring (bicyclic) bond motifs is 2. The summed E-state index contributed by atoms with van der Waals surface area (Å²) in [5.74, 6) is 1.21. The second-order valence-electron chi connectivity index (χ2n) is 8.22. The Morgan fingerprint density at radius 1 is 0.971 bits per heavy atom. The van der Waals surface area contributed by atoms with Crippen molar-refractivity contribution < 1.29 is 14.3 Å². The van der Waals surface area contributed by atoms with Crippen molar-refractivity contribution in [3.63, 3.8) is 0 Å². The molecule has 0 unspecified atom stereocenters. The van der Waals surface area contributed by atoms with Gasteiger partial charge in [0.2, 0.25) is 0 Å². The molecule has 4 aromatic rings. The first-order valence-corrected chi connectivity index (χ1v) is 11.7. The molecule has 34 heavy (non-hydrogen) atoms. The summed E-state index contributed by atoms with van der Waals surface area (Å²) < 4.78 is 12.6. The highest BCUT2D eigenvalue weighted by atomic mass is 16.5. The van der Waals surface area contributed by atoms with Gasteiger partial charge in [-0.3, -0.25) is 9.36 Å². The first kappa shape index (κ1) is 23.4. The minimum atomic E-state index is -0.254. The molecule has 0 saturated carbocycles. The molecule has 0 aliphatic rings. The Labute approximate surface area is 199 Å². The molecule has 2 aromatic carbocycles. The normalized spacial score (nSPS) is 11.1. The summed E-state index contributed by atoms with van der Waals surface area (Å²) >= 11 is 0. The number of para-hydroxylation sites is 2. The lowest BCUT2D eigenvalue weighted by molar-refractivity contribution is 0.0955. The van der Waals surface area contributed by atoms with Crippen LogP contribution in [0.4, 0.5) is 5.82 Å². The molecule has 0 spiro atoms. The SMILES string of the molecule is CCCCCCCNC(=O)c1c(N)n(-c2cc(OC)cc(OC)c2)c2nc3ccccc3nc12. The summed E-state index contributed by atoms with van der Waals surface area (Å²) in [6, 6.07) is 13.0. The van der Waals surface area contributed by atoms with Gasteiger partial charge in [0.1, 0.15) is 28.4 Å². The van der Waals surface area contributed by atoms with E-state index in [1.807, 2.05) is 36.4 Å². The number of carbonyl (C=O) groups excluding carboxylic acids is 1. The predicted molar refractivity (Wildman–Crippen MR) is 135 cm³/mol. The fraction of sp³-hybridized carbons (Fsp3) is 0.346. The molecule has 0 bridgehead atoms.